The number of ether oxygens (including phenoxy) is 1. The predicted octanol–water partition coefficient (Wildman–Crippen LogP) is 1.21. The van der Waals surface area contributed by atoms with Crippen LogP contribution in [-0.4, -0.2) is 35.6 Å². The van der Waals surface area contributed by atoms with Crippen LogP contribution in [0.2, 0.25) is 0 Å². The highest BCUT2D eigenvalue weighted by molar-refractivity contribution is 5.07. The molecule has 1 aliphatic heterocycles. The summed E-state index contributed by atoms with van der Waals surface area (Å²) in [6.07, 6.45) is 5.01. The molecule has 2 heterocycles. The Morgan fingerprint density at radius 2 is 2.25 bits per heavy atom. The smallest absolute Gasteiger partial charge is 0.0758 e. The largest absolute Gasteiger partial charge is 0.378 e. The van der Waals surface area contributed by atoms with E-state index in [1.807, 2.05) is 13.3 Å². The Bertz CT molecular complexity index is 329. The van der Waals surface area contributed by atoms with E-state index in [0.29, 0.717) is 0 Å². The first kappa shape index (κ1) is 11.6. The monoisotopic (exact) mass is 223 g/mol. The first-order valence-corrected chi connectivity index (χ1v) is 6.06. The SMILES string of the molecule is CCn1nccc1CC1(OC)CCNCC1. The molecule has 0 saturated carbocycles. The number of nitrogens with one attached hydrogen (secondary N) is 1. The van der Waals surface area contributed by atoms with E-state index in [0.717, 1.165) is 38.9 Å². The number of aromatic nitrogens is 2. The highest BCUT2D eigenvalue weighted by atomic mass is 16.5. The van der Waals surface area contributed by atoms with E-state index < -0.39 is 0 Å². The van der Waals surface area contributed by atoms with Crippen LogP contribution < -0.4 is 5.32 Å². The fraction of sp³-hybridized carbons (Fsp3) is 0.750. The standard InChI is InChI=1S/C12H21N3O/c1-3-15-11(4-7-14-15)10-12(16-2)5-8-13-9-6-12/h4,7,13H,3,5-6,8-10H2,1-2H3. The zero-order valence-electron chi connectivity index (χ0n) is 10.2. The number of hydrogen-bond acceptors (Lipinski definition) is 3. The average molecular weight is 223 g/mol. The molecule has 0 amide bonds. The Kier molecular flexibility index (Phi) is 3.61. The Balaban J connectivity index is 2.11. The quantitative estimate of drug-likeness (QED) is 0.834. The highest BCUT2D eigenvalue weighted by Gasteiger charge is 2.32. The molecule has 16 heavy (non-hydrogen) atoms. The Morgan fingerprint density at radius 3 is 2.88 bits per heavy atom. The van der Waals surface area contributed by atoms with Gasteiger partial charge in [-0.2, -0.15) is 5.10 Å². The summed E-state index contributed by atoms with van der Waals surface area (Å²) >= 11 is 0. The van der Waals surface area contributed by atoms with Gasteiger partial charge in [-0.1, -0.05) is 0 Å². The molecule has 0 aliphatic carbocycles. The fourth-order valence-corrected chi connectivity index (χ4v) is 2.46. The van der Waals surface area contributed by atoms with E-state index in [1.165, 1.54) is 5.69 Å². The number of nitrogens with zero attached hydrogens (tertiary/aromatic N) is 2. The fourth-order valence-electron chi connectivity index (χ4n) is 2.46. The highest BCUT2D eigenvalue weighted by Crippen LogP contribution is 2.26. The average Bonchev–Trinajstić information content (AvgIpc) is 2.77. The van der Waals surface area contributed by atoms with Crippen molar-refractivity contribution < 1.29 is 4.74 Å². The maximum Gasteiger partial charge on any atom is 0.0758 e. The van der Waals surface area contributed by atoms with Gasteiger partial charge in [0, 0.05) is 32.0 Å². The number of piperidine rings is 1. The molecule has 0 spiro atoms. The lowest BCUT2D eigenvalue weighted by atomic mass is 9.87. The van der Waals surface area contributed by atoms with Gasteiger partial charge in [0.05, 0.1) is 5.60 Å². The second-order valence-corrected chi connectivity index (χ2v) is 4.45. The molecule has 4 heteroatoms. The lowest BCUT2D eigenvalue weighted by molar-refractivity contribution is -0.0347. The second-order valence-electron chi connectivity index (χ2n) is 4.45. The lowest BCUT2D eigenvalue weighted by Gasteiger charge is -2.36. The van der Waals surface area contributed by atoms with Gasteiger partial charge in [0.1, 0.15) is 0 Å². The van der Waals surface area contributed by atoms with Crippen LogP contribution in [0, 0.1) is 0 Å². The minimum Gasteiger partial charge on any atom is -0.378 e. The maximum absolute atomic E-state index is 5.77. The van der Waals surface area contributed by atoms with Gasteiger partial charge in [-0.05, 0) is 38.9 Å². The van der Waals surface area contributed by atoms with Gasteiger partial charge in [0.2, 0.25) is 0 Å². The van der Waals surface area contributed by atoms with Crippen molar-refractivity contribution in [3.63, 3.8) is 0 Å². The molecule has 2 rings (SSSR count). The lowest BCUT2D eigenvalue weighted by Crippen LogP contribution is -2.45. The van der Waals surface area contributed by atoms with Crippen molar-refractivity contribution in [2.24, 2.45) is 0 Å². The Hall–Kier alpha value is -0.870. The molecular weight excluding hydrogens is 202 g/mol. The summed E-state index contributed by atoms with van der Waals surface area (Å²) in [6, 6.07) is 2.10. The topological polar surface area (TPSA) is 39.1 Å². The minimum absolute atomic E-state index is 0.0121. The van der Waals surface area contributed by atoms with E-state index in [-0.39, 0.29) is 5.60 Å². The summed E-state index contributed by atoms with van der Waals surface area (Å²) in [4.78, 5) is 0. The molecule has 0 atom stereocenters. The molecule has 1 saturated heterocycles. The molecule has 1 aromatic rings. The second kappa shape index (κ2) is 4.97. The predicted molar refractivity (Wildman–Crippen MR) is 63.4 cm³/mol. The Labute approximate surface area is 97.0 Å². The molecule has 0 unspecified atom stereocenters. The third-order valence-electron chi connectivity index (χ3n) is 3.56. The van der Waals surface area contributed by atoms with Crippen LogP contribution in [-0.2, 0) is 17.7 Å². The third-order valence-corrected chi connectivity index (χ3v) is 3.56. The molecule has 1 N–H and O–H groups in total. The maximum atomic E-state index is 5.77. The van der Waals surface area contributed by atoms with Gasteiger partial charge in [0.25, 0.3) is 0 Å². The zero-order valence-corrected chi connectivity index (χ0v) is 10.2. The molecule has 1 aromatic heterocycles. The molecule has 0 radical (unpaired) electrons. The van der Waals surface area contributed by atoms with Gasteiger partial charge in [-0.15, -0.1) is 0 Å². The van der Waals surface area contributed by atoms with Crippen LogP contribution in [0.15, 0.2) is 12.3 Å². The van der Waals surface area contributed by atoms with E-state index in [9.17, 15) is 0 Å². The van der Waals surface area contributed by atoms with Crippen molar-refractivity contribution in [1.29, 1.82) is 0 Å². The van der Waals surface area contributed by atoms with Crippen LogP contribution in [0.4, 0.5) is 0 Å². The first-order valence-electron chi connectivity index (χ1n) is 6.06. The van der Waals surface area contributed by atoms with Crippen molar-refractivity contribution in [1.82, 2.24) is 15.1 Å². The summed E-state index contributed by atoms with van der Waals surface area (Å²) in [5.41, 5.74) is 1.30. The number of methoxy groups -OCH3 is 1. The van der Waals surface area contributed by atoms with Crippen molar-refractivity contribution in [2.75, 3.05) is 20.2 Å². The van der Waals surface area contributed by atoms with Gasteiger partial charge >= 0.3 is 0 Å². The van der Waals surface area contributed by atoms with E-state index in [4.69, 9.17) is 4.74 Å². The molecule has 4 nitrogen and oxygen atoms in total. The van der Waals surface area contributed by atoms with Gasteiger partial charge in [-0.3, -0.25) is 4.68 Å². The molecule has 0 aromatic carbocycles. The van der Waals surface area contributed by atoms with E-state index in [2.05, 4.69) is 28.1 Å². The van der Waals surface area contributed by atoms with Crippen LogP contribution in [0.3, 0.4) is 0 Å². The first-order chi connectivity index (χ1) is 7.79. The van der Waals surface area contributed by atoms with Crippen molar-refractivity contribution >= 4 is 0 Å². The number of rotatable bonds is 4. The normalized spacial score (nSPS) is 19.9. The van der Waals surface area contributed by atoms with Crippen LogP contribution in [0.25, 0.3) is 0 Å². The number of hydrogen-bond donors (Lipinski definition) is 1. The van der Waals surface area contributed by atoms with Crippen LogP contribution in [0.1, 0.15) is 25.5 Å². The van der Waals surface area contributed by atoms with Crippen molar-refractivity contribution in [2.45, 2.75) is 38.3 Å². The summed E-state index contributed by atoms with van der Waals surface area (Å²) in [6.45, 7) is 5.15. The number of aryl methyl sites for hydroxylation is 1. The van der Waals surface area contributed by atoms with E-state index in [1.54, 1.807) is 0 Å². The van der Waals surface area contributed by atoms with Crippen molar-refractivity contribution in [3.05, 3.63) is 18.0 Å². The van der Waals surface area contributed by atoms with Crippen molar-refractivity contribution in [3.8, 4) is 0 Å². The molecule has 1 fully saturated rings. The summed E-state index contributed by atoms with van der Waals surface area (Å²) < 4.78 is 7.83. The zero-order chi connectivity index (χ0) is 11.4. The van der Waals surface area contributed by atoms with Gasteiger partial charge in [0.15, 0.2) is 0 Å². The van der Waals surface area contributed by atoms with Gasteiger partial charge in [-0.25, -0.2) is 0 Å². The molecule has 0 bridgehead atoms. The third kappa shape index (κ3) is 2.28. The molecular formula is C12H21N3O. The summed E-state index contributed by atoms with van der Waals surface area (Å²) in [5, 5.41) is 7.69. The summed E-state index contributed by atoms with van der Waals surface area (Å²) in [7, 11) is 1.83. The molecule has 1 aliphatic rings. The molecule has 90 valence electrons. The van der Waals surface area contributed by atoms with Crippen LogP contribution in [0.5, 0.6) is 0 Å². The van der Waals surface area contributed by atoms with Crippen LogP contribution >= 0.6 is 0 Å². The minimum atomic E-state index is 0.0121. The summed E-state index contributed by atoms with van der Waals surface area (Å²) in [5.74, 6) is 0. The van der Waals surface area contributed by atoms with Gasteiger partial charge < -0.3 is 10.1 Å². The van der Waals surface area contributed by atoms with E-state index >= 15 is 0 Å². The Morgan fingerprint density at radius 1 is 1.50 bits per heavy atom.